The molecule has 0 spiro atoms. The minimum atomic E-state index is 0.671. The summed E-state index contributed by atoms with van der Waals surface area (Å²) in [5.74, 6) is 0.671. The van der Waals surface area contributed by atoms with E-state index in [1.807, 2.05) is 23.9 Å². The van der Waals surface area contributed by atoms with Crippen LogP contribution >= 0.6 is 28.6 Å². The number of hydrogen-bond acceptors (Lipinski definition) is 2. The number of halogens is 1. The Morgan fingerprint density at radius 1 is 1.33 bits per heavy atom. The van der Waals surface area contributed by atoms with Gasteiger partial charge in [-0.15, -0.1) is 0 Å². The van der Waals surface area contributed by atoms with E-state index in [4.69, 9.17) is 0 Å². The van der Waals surface area contributed by atoms with Gasteiger partial charge in [0.25, 0.3) is 0 Å². The molecule has 78 valence electrons. The number of rotatable bonds is 2. The Kier molecular flexibility index (Phi) is 3.17. The van der Waals surface area contributed by atoms with Crippen LogP contribution < -0.4 is 0 Å². The van der Waals surface area contributed by atoms with Gasteiger partial charge < -0.3 is 0 Å². The predicted octanol–water partition coefficient (Wildman–Crippen LogP) is 3.28. The van der Waals surface area contributed by atoms with Crippen molar-refractivity contribution in [3.8, 4) is 11.3 Å². The fourth-order valence-corrected chi connectivity index (χ4v) is 1.91. The fourth-order valence-electron chi connectivity index (χ4n) is 1.49. The summed E-state index contributed by atoms with van der Waals surface area (Å²) in [5.41, 5.74) is 3.28. The zero-order valence-electron chi connectivity index (χ0n) is 8.31. The molecular formula is C11H11BrN2S. The molecule has 0 saturated heterocycles. The van der Waals surface area contributed by atoms with Crippen LogP contribution in [0.4, 0.5) is 0 Å². The summed E-state index contributed by atoms with van der Waals surface area (Å²) < 4.78 is 2.97. The van der Waals surface area contributed by atoms with Gasteiger partial charge in [0, 0.05) is 17.3 Å². The van der Waals surface area contributed by atoms with E-state index in [0.29, 0.717) is 5.75 Å². The maximum Gasteiger partial charge on any atom is 0.0727 e. The Balaban J connectivity index is 2.44. The SMILES string of the molecule is Cn1nc(CS)cc1-c1ccc(Br)cc1. The van der Waals surface area contributed by atoms with Crippen molar-refractivity contribution in [3.63, 3.8) is 0 Å². The number of aromatic nitrogens is 2. The van der Waals surface area contributed by atoms with E-state index in [2.05, 4.69) is 51.9 Å². The Hall–Kier alpha value is -0.740. The number of nitrogens with zero attached hydrogens (tertiary/aromatic N) is 2. The van der Waals surface area contributed by atoms with E-state index in [0.717, 1.165) is 15.9 Å². The molecule has 1 aromatic carbocycles. The van der Waals surface area contributed by atoms with Gasteiger partial charge in [-0.1, -0.05) is 28.1 Å². The van der Waals surface area contributed by atoms with Crippen LogP contribution in [0.5, 0.6) is 0 Å². The van der Waals surface area contributed by atoms with Crippen molar-refractivity contribution in [1.82, 2.24) is 9.78 Å². The van der Waals surface area contributed by atoms with Crippen LogP contribution in [0.3, 0.4) is 0 Å². The lowest BCUT2D eigenvalue weighted by molar-refractivity contribution is 0.762. The second-order valence-corrected chi connectivity index (χ2v) is 4.54. The first-order valence-electron chi connectivity index (χ1n) is 4.60. The largest absolute Gasteiger partial charge is 0.268 e. The van der Waals surface area contributed by atoms with E-state index in [1.165, 1.54) is 5.56 Å². The van der Waals surface area contributed by atoms with Crippen LogP contribution in [-0.4, -0.2) is 9.78 Å². The molecule has 4 heteroatoms. The minimum Gasteiger partial charge on any atom is -0.268 e. The number of thiol groups is 1. The molecule has 0 aliphatic carbocycles. The van der Waals surface area contributed by atoms with E-state index in [9.17, 15) is 0 Å². The standard InChI is InChI=1S/C11H11BrN2S/c1-14-11(6-10(7-15)13-14)8-2-4-9(12)5-3-8/h2-6,15H,7H2,1H3. The predicted molar refractivity (Wildman–Crippen MR) is 69.0 cm³/mol. The lowest BCUT2D eigenvalue weighted by Crippen LogP contribution is -1.93. The highest BCUT2D eigenvalue weighted by Crippen LogP contribution is 2.22. The summed E-state index contributed by atoms with van der Waals surface area (Å²) in [6, 6.07) is 10.3. The van der Waals surface area contributed by atoms with Crippen molar-refractivity contribution in [2.24, 2.45) is 7.05 Å². The molecule has 1 aromatic heterocycles. The second-order valence-electron chi connectivity index (χ2n) is 3.31. The molecular weight excluding hydrogens is 272 g/mol. The van der Waals surface area contributed by atoms with Gasteiger partial charge in [-0.05, 0) is 23.8 Å². The summed E-state index contributed by atoms with van der Waals surface area (Å²) in [6.45, 7) is 0. The fraction of sp³-hybridized carbons (Fsp3) is 0.182. The first-order chi connectivity index (χ1) is 7.20. The molecule has 0 amide bonds. The molecule has 0 aliphatic heterocycles. The molecule has 0 bridgehead atoms. The van der Waals surface area contributed by atoms with Crippen LogP contribution in [0.25, 0.3) is 11.3 Å². The van der Waals surface area contributed by atoms with Crippen molar-refractivity contribution < 1.29 is 0 Å². The quantitative estimate of drug-likeness (QED) is 0.837. The molecule has 0 aliphatic rings. The smallest absolute Gasteiger partial charge is 0.0727 e. The van der Waals surface area contributed by atoms with Crippen molar-refractivity contribution in [3.05, 3.63) is 40.5 Å². The molecule has 0 unspecified atom stereocenters. The lowest BCUT2D eigenvalue weighted by atomic mass is 10.1. The van der Waals surface area contributed by atoms with E-state index < -0.39 is 0 Å². The zero-order chi connectivity index (χ0) is 10.8. The monoisotopic (exact) mass is 282 g/mol. The normalized spacial score (nSPS) is 10.6. The van der Waals surface area contributed by atoms with Gasteiger partial charge in [0.05, 0.1) is 11.4 Å². The first kappa shape index (κ1) is 10.8. The van der Waals surface area contributed by atoms with Crippen LogP contribution in [0.2, 0.25) is 0 Å². The number of hydrogen-bond donors (Lipinski definition) is 1. The second kappa shape index (κ2) is 4.41. The van der Waals surface area contributed by atoms with Gasteiger partial charge in [-0.2, -0.15) is 17.7 Å². The highest BCUT2D eigenvalue weighted by atomic mass is 79.9. The molecule has 2 aromatic rings. The lowest BCUT2D eigenvalue weighted by Gasteiger charge is -2.01. The maximum atomic E-state index is 4.36. The third-order valence-corrected chi connectivity index (χ3v) is 3.09. The highest BCUT2D eigenvalue weighted by Gasteiger charge is 2.05. The summed E-state index contributed by atoms with van der Waals surface area (Å²) in [6.07, 6.45) is 0. The van der Waals surface area contributed by atoms with Crippen LogP contribution in [0.1, 0.15) is 5.69 Å². The molecule has 0 fully saturated rings. The topological polar surface area (TPSA) is 17.8 Å². The molecule has 0 radical (unpaired) electrons. The molecule has 0 N–H and O–H groups in total. The van der Waals surface area contributed by atoms with Gasteiger partial charge in [-0.25, -0.2) is 0 Å². The molecule has 2 nitrogen and oxygen atoms in total. The summed E-state index contributed by atoms with van der Waals surface area (Å²) >= 11 is 7.64. The van der Waals surface area contributed by atoms with Crippen molar-refractivity contribution in [1.29, 1.82) is 0 Å². The minimum absolute atomic E-state index is 0.671. The van der Waals surface area contributed by atoms with Gasteiger partial charge in [0.2, 0.25) is 0 Å². The van der Waals surface area contributed by atoms with Crippen molar-refractivity contribution in [2.75, 3.05) is 0 Å². The van der Waals surface area contributed by atoms with E-state index >= 15 is 0 Å². The molecule has 2 rings (SSSR count). The van der Waals surface area contributed by atoms with Gasteiger partial charge in [0.15, 0.2) is 0 Å². The van der Waals surface area contributed by atoms with Crippen molar-refractivity contribution in [2.45, 2.75) is 5.75 Å². The Morgan fingerprint density at radius 2 is 2.00 bits per heavy atom. The number of benzene rings is 1. The molecule has 1 heterocycles. The van der Waals surface area contributed by atoms with Crippen LogP contribution in [0, 0.1) is 0 Å². The summed E-state index contributed by atoms with van der Waals surface area (Å²) in [4.78, 5) is 0. The molecule has 0 atom stereocenters. The zero-order valence-corrected chi connectivity index (χ0v) is 10.8. The van der Waals surface area contributed by atoms with Crippen LogP contribution in [0.15, 0.2) is 34.8 Å². The summed E-state index contributed by atoms with van der Waals surface area (Å²) in [7, 11) is 1.95. The van der Waals surface area contributed by atoms with Crippen LogP contribution in [-0.2, 0) is 12.8 Å². The van der Waals surface area contributed by atoms with E-state index in [-0.39, 0.29) is 0 Å². The number of aryl methyl sites for hydroxylation is 1. The first-order valence-corrected chi connectivity index (χ1v) is 6.03. The highest BCUT2D eigenvalue weighted by molar-refractivity contribution is 9.10. The Bertz CT molecular complexity index is 462. The Labute approximate surface area is 103 Å². The van der Waals surface area contributed by atoms with E-state index in [1.54, 1.807) is 0 Å². The van der Waals surface area contributed by atoms with Crippen molar-refractivity contribution >= 4 is 28.6 Å². The third-order valence-electron chi connectivity index (χ3n) is 2.23. The maximum absolute atomic E-state index is 4.36. The van der Waals surface area contributed by atoms with Gasteiger partial charge >= 0.3 is 0 Å². The average Bonchev–Trinajstić information content (AvgIpc) is 2.61. The van der Waals surface area contributed by atoms with Gasteiger partial charge in [0.1, 0.15) is 0 Å². The molecule has 15 heavy (non-hydrogen) atoms. The Morgan fingerprint density at radius 3 is 2.53 bits per heavy atom. The molecule has 0 saturated carbocycles. The average molecular weight is 283 g/mol. The summed E-state index contributed by atoms with van der Waals surface area (Å²) in [5, 5.41) is 4.36. The van der Waals surface area contributed by atoms with Gasteiger partial charge in [-0.3, -0.25) is 4.68 Å². The third kappa shape index (κ3) is 2.26.